The lowest BCUT2D eigenvalue weighted by Crippen LogP contribution is -2.13. The highest BCUT2D eigenvalue weighted by Crippen LogP contribution is 2.23. The zero-order chi connectivity index (χ0) is 19.8. The van der Waals surface area contributed by atoms with Crippen LogP contribution in [0.5, 0.6) is 5.75 Å². The maximum atomic E-state index is 12.4. The van der Waals surface area contributed by atoms with E-state index >= 15 is 0 Å². The molecule has 28 heavy (non-hydrogen) atoms. The SMILES string of the molecule is Cc1cccc(COc2ccccc2/C=C(\C#N)C(=O)Nc2ccccc2)c1. The van der Waals surface area contributed by atoms with Crippen molar-refractivity contribution in [2.45, 2.75) is 13.5 Å². The van der Waals surface area contributed by atoms with Crippen LogP contribution < -0.4 is 10.1 Å². The number of hydrogen-bond acceptors (Lipinski definition) is 3. The van der Waals surface area contributed by atoms with Gasteiger partial charge in [0, 0.05) is 11.3 Å². The summed E-state index contributed by atoms with van der Waals surface area (Å²) in [6, 6.07) is 26.4. The van der Waals surface area contributed by atoms with E-state index in [1.54, 1.807) is 18.2 Å². The van der Waals surface area contributed by atoms with E-state index < -0.39 is 5.91 Å². The average molecular weight is 368 g/mol. The zero-order valence-electron chi connectivity index (χ0n) is 15.6. The number of benzene rings is 3. The largest absolute Gasteiger partial charge is 0.488 e. The van der Waals surface area contributed by atoms with Gasteiger partial charge >= 0.3 is 0 Å². The molecule has 0 saturated carbocycles. The van der Waals surface area contributed by atoms with Crippen molar-refractivity contribution < 1.29 is 9.53 Å². The molecule has 0 unspecified atom stereocenters. The molecule has 4 nitrogen and oxygen atoms in total. The molecule has 138 valence electrons. The molecule has 3 aromatic rings. The van der Waals surface area contributed by atoms with E-state index in [2.05, 4.69) is 11.4 Å². The van der Waals surface area contributed by atoms with Crippen molar-refractivity contribution in [1.82, 2.24) is 0 Å². The van der Waals surface area contributed by atoms with E-state index in [9.17, 15) is 10.1 Å². The fourth-order valence-corrected chi connectivity index (χ4v) is 2.72. The van der Waals surface area contributed by atoms with Crippen molar-refractivity contribution in [2.75, 3.05) is 5.32 Å². The first-order chi connectivity index (χ1) is 13.7. The van der Waals surface area contributed by atoms with Crippen LogP contribution in [-0.2, 0) is 11.4 Å². The Morgan fingerprint density at radius 2 is 1.79 bits per heavy atom. The molecular formula is C24H20N2O2. The Balaban J connectivity index is 1.78. The molecule has 0 bridgehead atoms. The molecule has 0 fully saturated rings. The lowest BCUT2D eigenvalue weighted by atomic mass is 10.1. The first kappa shape index (κ1) is 18.9. The van der Waals surface area contributed by atoms with Crippen LogP contribution in [-0.4, -0.2) is 5.91 Å². The Hall–Kier alpha value is -3.84. The molecule has 0 saturated heterocycles. The second-order valence-corrected chi connectivity index (χ2v) is 6.31. The molecule has 0 aliphatic heterocycles. The normalized spacial score (nSPS) is 10.8. The van der Waals surface area contributed by atoms with Crippen LogP contribution in [0.4, 0.5) is 5.69 Å². The molecule has 1 amide bonds. The van der Waals surface area contributed by atoms with Crippen molar-refractivity contribution >= 4 is 17.7 Å². The molecule has 0 aliphatic carbocycles. The van der Waals surface area contributed by atoms with Crippen LogP contribution in [0.2, 0.25) is 0 Å². The molecule has 0 aliphatic rings. The number of rotatable bonds is 6. The van der Waals surface area contributed by atoms with Gasteiger partial charge < -0.3 is 10.1 Å². The number of carbonyl (C=O) groups excluding carboxylic acids is 1. The van der Waals surface area contributed by atoms with Crippen molar-refractivity contribution in [1.29, 1.82) is 5.26 Å². The van der Waals surface area contributed by atoms with E-state index in [1.807, 2.05) is 73.7 Å². The van der Waals surface area contributed by atoms with E-state index in [4.69, 9.17) is 4.74 Å². The van der Waals surface area contributed by atoms with Gasteiger partial charge in [0.1, 0.15) is 24.0 Å². The highest BCUT2D eigenvalue weighted by atomic mass is 16.5. The molecular weight excluding hydrogens is 348 g/mol. The number of nitrogens with one attached hydrogen (secondary N) is 1. The number of anilines is 1. The highest BCUT2D eigenvalue weighted by Gasteiger charge is 2.11. The van der Waals surface area contributed by atoms with Gasteiger partial charge in [-0.05, 0) is 36.8 Å². The minimum atomic E-state index is -0.456. The minimum absolute atomic E-state index is 0.00968. The smallest absolute Gasteiger partial charge is 0.266 e. The summed E-state index contributed by atoms with van der Waals surface area (Å²) in [5.74, 6) is 0.159. The molecule has 0 radical (unpaired) electrons. The number of aryl methyl sites for hydroxylation is 1. The maximum absolute atomic E-state index is 12.4. The first-order valence-corrected chi connectivity index (χ1v) is 8.91. The summed E-state index contributed by atoms with van der Waals surface area (Å²) in [5.41, 5.74) is 3.54. The van der Waals surface area contributed by atoms with Gasteiger partial charge in [-0.2, -0.15) is 5.26 Å². The number of carbonyl (C=O) groups is 1. The van der Waals surface area contributed by atoms with E-state index in [1.165, 1.54) is 5.56 Å². The number of nitriles is 1. The summed E-state index contributed by atoms with van der Waals surface area (Å²) in [6.45, 7) is 2.44. The second kappa shape index (κ2) is 9.20. The van der Waals surface area contributed by atoms with Crippen LogP contribution in [0.1, 0.15) is 16.7 Å². The Kier molecular flexibility index (Phi) is 6.22. The zero-order valence-corrected chi connectivity index (χ0v) is 15.6. The molecule has 0 heterocycles. The molecule has 3 aromatic carbocycles. The Morgan fingerprint density at radius 3 is 2.54 bits per heavy atom. The number of ether oxygens (including phenoxy) is 1. The summed E-state index contributed by atoms with van der Waals surface area (Å²) in [7, 11) is 0. The molecule has 3 rings (SSSR count). The van der Waals surface area contributed by atoms with Crippen LogP contribution in [0.3, 0.4) is 0 Å². The van der Waals surface area contributed by atoms with Crippen LogP contribution in [0.15, 0.2) is 84.4 Å². The fraction of sp³-hybridized carbons (Fsp3) is 0.0833. The number of amides is 1. The minimum Gasteiger partial charge on any atom is -0.488 e. The van der Waals surface area contributed by atoms with E-state index in [0.717, 1.165) is 5.56 Å². The van der Waals surface area contributed by atoms with Crippen molar-refractivity contribution in [3.63, 3.8) is 0 Å². The van der Waals surface area contributed by atoms with Gasteiger partial charge in [0.25, 0.3) is 5.91 Å². The van der Waals surface area contributed by atoms with Crippen molar-refractivity contribution in [3.05, 3.63) is 101 Å². The molecule has 0 spiro atoms. The summed E-state index contributed by atoms with van der Waals surface area (Å²) in [4.78, 5) is 12.4. The van der Waals surface area contributed by atoms with Gasteiger partial charge in [-0.15, -0.1) is 0 Å². The van der Waals surface area contributed by atoms with Crippen molar-refractivity contribution in [2.24, 2.45) is 0 Å². The Labute approximate surface area is 164 Å². The highest BCUT2D eigenvalue weighted by molar-refractivity contribution is 6.09. The van der Waals surface area contributed by atoms with E-state index in [0.29, 0.717) is 23.6 Å². The third kappa shape index (κ3) is 5.09. The van der Waals surface area contributed by atoms with Crippen LogP contribution in [0.25, 0.3) is 6.08 Å². The van der Waals surface area contributed by atoms with Gasteiger partial charge in [-0.1, -0.05) is 66.2 Å². The summed E-state index contributed by atoms with van der Waals surface area (Å²) in [5, 5.41) is 12.2. The molecule has 0 aromatic heterocycles. The molecule has 0 atom stereocenters. The monoisotopic (exact) mass is 368 g/mol. The lowest BCUT2D eigenvalue weighted by molar-refractivity contribution is -0.112. The summed E-state index contributed by atoms with van der Waals surface area (Å²) >= 11 is 0. The van der Waals surface area contributed by atoms with Gasteiger partial charge in [0.2, 0.25) is 0 Å². The maximum Gasteiger partial charge on any atom is 0.266 e. The van der Waals surface area contributed by atoms with Gasteiger partial charge in [-0.3, -0.25) is 4.79 Å². The van der Waals surface area contributed by atoms with Crippen LogP contribution >= 0.6 is 0 Å². The van der Waals surface area contributed by atoms with Gasteiger partial charge in [0.15, 0.2) is 0 Å². The number of para-hydroxylation sites is 2. The summed E-state index contributed by atoms with van der Waals surface area (Å²) < 4.78 is 5.94. The number of hydrogen-bond donors (Lipinski definition) is 1. The predicted octanol–water partition coefficient (Wildman–Crippen LogP) is 5.12. The Bertz CT molecular complexity index is 1030. The average Bonchev–Trinajstić information content (AvgIpc) is 2.72. The predicted molar refractivity (Wildman–Crippen MR) is 111 cm³/mol. The number of nitrogens with zero attached hydrogens (tertiary/aromatic N) is 1. The van der Waals surface area contributed by atoms with Crippen LogP contribution in [0, 0.1) is 18.3 Å². The topological polar surface area (TPSA) is 62.1 Å². The first-order valence-electron chi connectivity index (χ1n) is 8.91. The second-order valence-electron chi connectivity index (χ2n) is 6.31. The van der Waals surface area contributed by atoms with E-state index in [-0.39, 0.29) is 5.57 Å². The van der Waals surface area contributed by atoms with Crippen molar-refractivity contribution in [3.8, 4) is 11.8 Å². The molecule has 4 heteroatoms. The Morgan fingerprint density at radius 1 is 1.04 bits per heavy atom. The fourth-order valence-electron chi connectivity index (χ4n) is 2.72. The quantitative estimate of drug-likeness (QED) is 0.485. The van der Waals surface area contributed by atoms with Gasteiger partial charge in [0.05, 0.1) is 0 Å². The third-order valence-corrected chi connectivity index (χ3v) is 4.09. The third-order valence-electron chi connectivity index (χ3n) is 4.09. The lowest BCUT2D eigenvalue weighted by Gasteiger charge is -2.10. The molecule has 1 N–H and O–H groups in total. The van der Waals surface area contributed by atoms with Gasteiger partial charge in [-0.25, -0.2) is 0 Å². The summed E-state index contributed by atoms with van der Waals surface area (Å²) in [6.07, 6.45) is 1.55. The standard InChI is InChI=1S/C24H20N2O2/c1-18-8-7-9-19(14-18)17-28-23-13-6-5-10-20(23)15-21(16-25)24(27)26-22-11-3-2-4-12-22/h2-15H,17H2,1H3,(H,26,27)/b21-15+.